The Morgan fingerprint density at radius 3 is 1.67 bits per heavy atom. The maximum absolute atomic E-state index is 10.0. The Morgan fingerprint density at radius 2 is 1.40 bits per heavy atom. The van der Waals surface area contributed by atoms with E-state index in [1.165, 1.54) is 0 Å². The summed E-state index contributed by atoms with van der Waals surface area (Å²) >= 11 is 3.12. The molecule has 0 aromatic carbocycles. The second-order valence-corrected chi connectivity index (χ2v) is 5.32. The van der Waals surface area contributed by atoms with E-state index in [2.05, 4.69) is 9.98 Å². The Bertz CT molecular complexity index is 235. The molecule has 84 valence electrons. The largest absolute Gasteiger partial charge is 0.236 e. The van der Waals surface area contributed by atoms with E-state index < -0.39 is 0 Å². The van der Waals surface area contributed by atoms with E-state index >= 15 is 0 Å². The Morgan fingerprint density at radius 1 is 1.00 bits per heavy atom. The maximum Gasteiger partial charge on any atom is 0.236 e. The summed E-state index contributed by atoms with van der Waals surface area (Å²) in [6.07, 6.45) is 4.71. The van der Waals surface area contributed by atoms with Gasteiger partial charge < -0.3 is 0 Å². The molecule has 0 heterocycles. The van der Waals surface area contributed by atoms with E-state index in [1.54, 1.807) is 35.7 Å². The summed E-state index contributed by atoms with van der Waals surface area (Å²) in [5.74, 6) is 0. The van der Waals surface area contributed by atoms with E-state index in [0.717, 1.165) is 17.9 Å². The van der Waals surface area contributed by atoms with Gasteiger partial charge in [0.1, 0.15) is 10.7 Å². The minimum absolute atomic E-state index is 0.0345. The average molecular weight is 246 g/mol. The SMILES string of the molecule is CCC(N=C=O)SCSC(CC)N=C=O. The zero-order chi connectivity index (χ0) is 11.5. The summed E-state index contributed by atoms with van der Waals surface area (Å²) < 4.78 is 0. The van der Waals surface area contributed by atoms with Gasteiger partial charge in [-0.1, -0.05) is 13.8 Å². The lowest BCUT2D eigenvalue weighted by molar-refractivity contribution is 0.561. The molecule has 0 saturated heterocycles. The zero-order valence-corrected chi connectivity index (χ0v) is 10.4. The van der Waals surface area contributed by atoms with Gasteiger partial charge in [0.15, 0.2) is 0 Å². The quantitative estimate of drug-likeness (QED) is 0.375. The summed E-state index contributed by atoms with van der Waals surface area (Å²) in [4.78, 5) is 27.4. The number of carbonyl (C=O) groups excluding carboxylic acids is 2. The highest BCUT2D eigenvalue weighted by atomic mass is 32.2. The van der Waals surface area contributed by atoms with E-state index in [4.69, 9.17) is 0 Å². The molecule has 0 amide bonds. The third-order valence-electron chi connectivity index (χ3n) is 1.61. The predicted molar refractivity (Wildman–Crippen MR) is 64.5 cm³/mol. The third kappa shape index (κ3) is 7.40. The van der Waals surface area contributed by atoms with Crippen molar-refractivity contribution < 1.29 is 9.59 Å². The topological polar surface area (TPSA) is 58.9 Å². The molecule has 0 bridgehead atoms. The molecular formula is C9H14N2O2S2. The molecular weight excluding hydrogens is 232 g/mol. The van der Waals surface area contributed by atoms with Crippen molar-refractivity contribution in [1.29, 1.82) is 0 Å². The highest BCUT2D eigenvalue weighted by molar-refractivity contribution is 8.16. The molecule has 4 nitrogen and oxygen atoms in total. The van der Waals surface area contributed by atoms with Gasteiger partial charge in [-0.2, -0.15) is 9.98 Å². The number of thioether (sulfide) groups is 2. The molecule has 0 aromatic heterocycles. The number of nitrogens with zero attached hydrogens (tertiary/aromatic N) is 2. The van der Waals surface area contributed by atoms with Gasteiger partial charge in [0.2, 0.25) is 12.2 Å². The van der Waals surface area contributed by atoms with E-state index in [-0.39, 0.29) is 10.7 Å². The van der Waals surface area contributed by atoms with Gasteiger partial charge in [0.05, 0.1) is 0 Å². The van der Waals surface area contributed by atoms with Crippen LogP contribution in [0.1, 0.15) is 26.7 Å². The number of isocyanates is 2. The Hall–Kier alpha value is -0.540. The molecule has 0 aromatic rings. The van der Waals surface area contributed by atoms with Crippen LogP contribution in [0.5, 0.6) is 0 Å². The Balaban J connectivity index is 3.84. The maximum atomic E-state index is 10.0. The first-order chi connectivity index (χ1) is 7.28. The first kappa shape index (κ1) is 14.5. The Kier molecular flexibility index (Phi) is 9.63. The second kappa shape index (κ2) is 9.99. The molecule has 0 fully saturated rings. The molecule has 2 atom stereocenters. The van der Waals surface area contributed by atoms with Crippen molar-refractivity contribution in [3.63, 3.8) is 0 Å². The van der Waals surface area contributed by atoms with Crippen LogP contribution in [-0.4, -0.2) is 28.0 Å². The van der Waals surface area contributed by atoms with Crippen LogP contribution >= 0.6 is 23.5 Å². The van der Waals surface area contributed by atoms with E-state index in [9.17, 15) is 9.59 Å². The summed E-state index contributed by atoms with van der Waals surface area (Å²) in [7, 11) is 0. The number of hydrogen-bond acceptors (Lipinski definition) is 6. The van der Waals surface area contributed by atoms with Gasteiger partial charge in [0.25, 0.3) is 0 Å². The van der Waals surface area contributed by atoms with Crippen molar-refractivity contribution in [2.75, 3.05) is 5.08 Å². The van der Waals surface area contributed by atoms with Gasteiger partial charge >= 0.3 is 0 Å². The van der Waals surface area contributed by atoms with Crippen LogP contribution in [0.3, 0.4) is 0 Å². The molecule has 2 unspecified atom stereocenters. The highest BCUT2D eigenvalue weighted by Gasteiger charge is 2.08. The standard InChI is InChI=1S/C9H14N2O2S2/c1-3-8(10-5-12)14-7-15-9(4-2)11-6-13/h8-9H,3-4,7H2,1-2H3. The molecule has 0 aliphatic carbocycles. The average Bonchev–Trinajstić information content (AvgIpc) is 2.26. The molecule has 0 rings (SSSR count). The molecule has 0 saturated carbocycles. The summed E-state index contributed by atoms with van der Waals surface area (Å²) in [6.45, 7) is 3.92. The molecule has 0 aliphatic rings. The van der Waals surface area contributed by atoms with Crippen molar-refractivity contribution in [2.45, 2.75) is 37.4 Å². The van der Waals surface area contributed by atoms with Gasteiger partial charge in [-0.05, 0) is 12.8 Å². The minimum atomic E-state index is -0.0345. The first-order valence-corrected chi connectivity index (χ1v) is 6.75. The first-order valence-electron chi connectivity index (χ1n) is 4.65. The van der Waals surface area contributed by atoms with Gasteiger partial charge in [-0.3, -0.25) is 0 Å². The van der Waals surface area contributed by atoms with Gasteiger partial charge in [-0.15, -0.1) is 23.5 Å². The van der Waals surface area contributed by atoms with Crippen molar-refractivity contribution in [3.05, 3.63) is 0 Å². The van der Waals surface area contributed by atoms with Crippen LogP contribution in [0.4, 0.5) is 0 Å². The number of hydrogen-bond donors (Lipinski definition) is 0. The highest BCUT2D eigenvalue weighted by Crippen LogP contribution is 2.25. The smallest absolute Gasteiger partial charge is 0.211 e. The van der Waals surface area contributed by atoms with Crippen LogP contribution in [-0.2, 0) is 9.59 Å². The second-order valence-electron chi connectivity index (χ2n) is 2.62. The molecule has 6 heteroatoms. The minimum Gasteiger partial charge on any atom is -0.211 e. The van der Waals surface area contributed by atoms with Gasteiger partial charge in [0, 0.05) is 5.08 Å². The Labute approximate surface area is 98.0 Å². The van der Waals surface area contributed by atoms with Crippen molar-refractivity contribution in [3.8, 4) is 0 Å². The van der Waals surface area contributed by atoms with Crippen LogP contribution in [0.15, 0.2) is 9.98 Å². The van der Waals surface area contributed by atoms with Crippen LogP contribution in [0, 0.1) is 0 Å². The predicted octanol–water partition coefficient (Wildman–Crippen LogP) is 2.55. The lowest BCUT2D eigenvalue weighted by Gasteiger charge is -2.09. The van der Waals surface area contributed by atoms with E-state index in [0.29, 0.717) is 0 Å². The molecule has 0 N–H and O–H groups in total. The van der Waals surface area contributed by atoms with E-state index in [1.807, 2.05) is 13.8 Å². The van der Waals surface area contributed by atoms with Crippen LogP contribution in [0.25, 0.3) is 0 Å². The third-order valence-corrected chi connectivity index (χ3v) is 4.35. The summed E-state index contributed by atoms with van der Waals surface area (Å²) in [6, 6.07) is 0. The molecule has 0 radical (unpaired) electrons. The van der Waals surface area contributed by atoms with Crippen LogP contribution < -0.4 is 0 Å². The fraction of sp³-hybridized carbons (Fsp3) is 0.778. The van der Waals surface area contributed by atoms with Crippen molar-refractivity contribution in [1.82, 2.24) is 0 Å². The monoisotopic (exact) mass is 246 g/mol. The van der Waals surface area contributed by atoms with Crippen molar-refractivity contribution >= 4 is 35.7 Å². The normalized spacial score (nSPS) is 13.5. The fourth-order valence-corrected chi connectivity index (χ4v) is 3.08. The van der Waals surface area contributed by atoms with Crippen LogP contribution in [0.2, 0.25) is 0 Å². The van der Waals surface area contributed by atoms with Gasteiger partial charge in [-0.25, -0.2) is 9.59 Å². The summed E-state index contributed by atoms with van der Waals surface area (Å²) in [5.41, 5.74) is 0. The number of rotatable bonds is 8. The molecule has 15 heavy (non-hydrogen) atoms. The lowest BCUT2D eigenvalue weighted by Crippen LogP contribution is -2.00. The van der Waals surface area contributed by atoms with Crippen molar-refractivity contribution in [2.24, 2.45) is 9.98 Å². The molecule has 0 aliphatic heterocycles. The fourth-order valence-electron chi connectivity index (χ4n) is 0.807. The number of aliphatic imine (C=N–C) groups is 2. The lowest BCUT2D eigenvalue weighted by atomic mass is 10.5. The zero-order valence-electron chi connectivity index (χ0n) is 8.80. The summed E-state index contributed by atoms with van der Waals surface area (Å²) in [5, 5.41) is 0.688. The molecule has 0 spiro atoms.